The van der Waals surface area contributed by atoms with E-state index in [0.29, 0.717) is 35.3 Å². The number of rotatable bonds is 6. The third kappa shape index (κ3) is 3.71. The minimum Gasteiger partial charge on any atom is -0.493 e. The van der Waals surface area contributed by atoms with E-state index in [1.54, 1.807) is 38.1 Å². The number of nitrogen functional groups attached to an aromatic ring is 1. The van der Waals surface area contributed by atoms with Crippen LogP contribution in [-0.4, -0.2) is 30.4 Å². The van der Waals surface area contributed by atoms with Crippen LogP contribution in [0.4, 0.5) is 11.8 Å². The molecular weight excluding hydrogens is 336 g/mol. The van der Waals surface area contributed by atoms with Gasteiger partial charge in [-0.2, -0.15) is 4.98 Å². The van der Waals surface area contributed by atoms with Gasteiger partial charge in [0.05, 0.1) is 19.7 Å². The molecule has 7 heteroatoms. The number of ether oxygens (including phenoxy) is 2. The zero-order valence-electron chi connectivity index (χ0n) is 14.4. The van der Waals surface area contributed by atoms with Crippen LogP contribution in [0, 0.1) is 0 Å². The van der Waals surface area contributed by atoms with Crippen molar-refractivity contribution >= 4 is 34.4 Å². The zero-order chi connectivity index (χ0) is 17.8. The first-order valence-electron chi connectivity index (χ1n) is 7.70. The van der Waals surface area contributed by atoms with Gasteiger partial charge in [0.15, 0.2) is 11.5 Å². The van der Waals surface area contributed by atoms with E-state index in [-0.39, 0.29) is 0 Å². The van der Waals surface area contributed by atoms with E-state index < -0.39 is 0 Å². The number of nitrogens with two attached hydrogens (primary N) is 1. The summed E-state index contributed by atoms with van der Waals surface area (Å²) in [4.78, 5) is 10.1. The molecule has 3 rings (SSSR count). The number of nitrogens with zero attached hydrogens (tertiary/aromatic N) is 2. The van der Waals surface area contributed by atoms with E-state index in [1.807, 2.05) is 0 Å². The Morgan fingerprint density at radius 2 is 1.72 bits per heavy atom. The number of methoxy groups -OCH3 is 2. The molecule has 2 aromatic carbocycles. The molecule has 0 amide bonds. The predicted molar refractivity (Wildman–Crippen MR) is 103 cm³/mol. The van der Waals surface area contributed by atoms with Gasteiger partial charge in [-0.15, -0.1) is 11.8 Å². The summed E-state index contributed by atoms with van der Waals surface area (Å²) in [6.07, 6.45) is 2.06. The van der Waals surface area contributed by atoms with E-state index in [2.05, 4.69) is 45.8 Å². The zero-order valence-corrected chi connectivity index (χ0v) is 15.2. The number of thioether (sulfide) groups is 1. The van der Waals surface area contributed by atoms with Crippen molar-refractivity contribution in [2.45, 2.75) is 11.4 Å². The molecule has 0 unspecified atom stereocenters. The van der Waals surface area contributed by atoms with Crippen molar-refractivity contribution in [2.75, 3.05) is 31.5 Å². The van der Waals surface area contributed by atoms with Crippen LogP contribution in [0.5, 0.6) is 11.5 Å². The summed E-state index contributed by atoms with van der Waals surface area (Å²) in [6.45, 7) is 0.618. The van der Waals surface area contributed by atoms with E-state index >= 15 is 0 Å². The molecule has 25 heavy (non-hydrogen) atoms. The normalized spacial score (nSPS) is 10.7. The third-order valence-electron chi connectivity index (χ3n) is 3.84. The molecule has 0 saturated heterocycles. The fraction of sp³-hybridized carbons (Fsp3) is 0.222. The van der Waals surface area contributed by atoms with Gasteiger partial charge in [-0.05, 0) is 30.0 Å². The number of hydrogen-bond donors (Lipinski definition) is 2. The summed E-state index contributed by atoms with van der Waals surface area (Å²) < 4.78 is 10.6. The average Bonchev–Trinajstić information content (AvgIpc) is 2.65. The van der Waals surface area contributed by atoms with Crippen LogP contribution in [0.15, 0.2) is 41.3 Å². The molecular formula is C18H20N4O2S. The van der Waals surface area contributed by atoms with E-state index in [0.717, 1.165) is 10.9 Å². The van der Waals surface area contributed by atoms with E-state index in [9.17, 15) is 0 Å². The lowest BCUT2D eigenvalue weighted by molar-refractivity contribution is 0.356. The highest BCUT2D eigenvalue weighted by Crippen LogP contribution is 2.33. The van der Waals surface area contributed by atoms with Crippen LogP contribution in [0.1, 0.15) is 5.56 Å². The Balaban J connectivity index is 1.86. The molecule has 0 aliphatic carbocycles. The molecule has 0 aliphatic rings. The lowest BCUT2D eigenvalue weighted by Crippen LogP contribution is -2.06. The van der Waals surface area contributed by atoms with Crippen molar-refractivity contribution in [3.05, 3.63) is 42.0 Å². The molecule has 3 N–H and O–H groups in total. The fourth-order valence-electron chi connectivity index (χ4n) is 2.48. The van der Waals surface area contributed by atoms with Crippen LogP contribution >= 0.6 is 11.8 Å². The minimum atomic E-state index is 0.395. The highest BCUT2D eigenvalue weighted by molar-refractivity contribution is 7.98. The maximum absolute atomic E-state index is 6.09. The summed E-state index contributed by atoms with van der Waals surface area (Å²) in [6, 6.07) is 11.9. The first kappa shape index (κ1) is 17.2. The Bertz CT molecular complexity index is 884. The second-order valence-electron chi connectivity index (χ2n) is 5.36. The van der Waals surface area contributed by atoms with Gasteiger partial charge >= 0.3 is 0 Å². The highest BCUT2D eigenvalue weighted by atomic mass is 32.2. The lowest BCUT2D eigenvalue weighted by Gasteiger charge is -2.11. The highest BCUT2D eigenvalue weighted by Gasteiger charge is 2.11. The van der Waals surface area contributed by atoms with E-state index in [4.69, 9.17) is 15.2 Å². The Morgan fingerprint density at radius 3 is 2.36 bits per heavy atom. The number of nitrogens with one attached hydrogen (secondary N) is 1. The molecule has 1 aromatic heterocycles. The molecule has 0 fully saturated rings. The van der Waals surface area contributed by atoms with E-state index in [1.165, 1.54) is 4.90 Å². The average molecular weight is 356 g/mol. The summed E-state index contributed by atoms with van der Waals surface area (Å²) in [7, 11) is 3.17. The van der Waals surface area contributed by atoms with Crippen LogP contribution in [0.25, 0.3) is 10.9 Å². The molecule has 0 radical (unpaired) electrons. The molecule has 6 nitrogen and oxygen atoms in total. The van der Waals surface area contributed by atoms with Crippen molar-refractivity contribution in [1.82, 2.24) is 9.97 Å². The third-order valence-corrected chi connectivity index (χ3v) is 4.58. The topological polar surface area (TPSA) is 82.3 Å². The fourth-order valence-corrected chi connectivity index (χ4v) is 2.89. The van der Waals surface area contributed by atoms with Gasteiger partial charge in [-0.25, -0.2) is 4.98 Å². The quantitative estimate of drug-likeness (QED) is 0.653. The second-order valence-corrected chi connectivity index (χ2v) is 6.24. The summed E-state index contributed by atoms with van der Waals surface area (Å²) in [5, 5.41) is 3.95. The van der Waals surface area contributed by atoms with Crippen molar-refractivity contribution < 1.29 is 9.47 Å². The molecule has 0 aliphatic heterocycles. The van der Waals surface area contributed by atoms with Gasteiger partial charge in [0.25, 0.3) is 0 Å². The Hall–Kier alpha value is -2.67. The summed E-state index contributed by atoms with van der Waals surface area (Å²) in [5.74, 6) is 2.07. The first-order chi connectivity index (χ1) is 12.1. The van der Waals surface area contributed by atoms with Gasteiger partial charge in [0.2, 0.25) is 5.95 Å². The largest absolute Gasteiger partial charge is 0.493 e. The van der Waals surface area contributed by atoms with Crippen molar-refractivity contribution in [2.24, 2.45) is 0 Å². The monoisotopic (exact) mass is 356 g/mol. The van der Waals surface area contributed by atoms with Gasteiger partial charge in [0.1, 0.15) is 5.82 Å². The van der Waals surface area contributed by atoms with Crippen molar-refractivity contribution in [3.8, 4) is 11.5 Å². The van der Waals surface area contributed by atoms with Crippen LogP contribution in [0.2, 0.25) is 0 Å². The number of hydrogen-bond acceptors (Lipinski definition) is 7. The van der Waals surface area contributed by atoms with Crippen molar-refractivity contribution in [1.29, 1.82) is 0 Å². The molecule has 0 spiro atoms. The van der Waals surface area contributed by atoms with Crippen LogP contribution in [0.3, 0.4) is 0 Å². The van der Waals surface area contributed by atoms with Gasteiger partial charge in [-0.1, -0.05) is 12.1 Å². The van der Waals surface area contributed by atoms with Gasteiger partial charge < -0.3 is 20.5 Å². The lowest BCUT2D eigenvalue weighted by atomic mass is 10.2. The standard InChI is InChI=1S/C18H20N4O2S/c1-23-15-8-13-14(9-16(15)24-2)21-18(22-17(13)19)20-10-11-4-6-12(25-3)7-5-11/h4-9H,10H2,1-3H3,(H3,19,20,21,22). The van der Waals surface area contributed by atoms with Crippen LogP contribution < -0.4 is 20.5 Å². The number of aromatic nitrogens is 2. The van der Waals surface area contributed by atoms with Gasteiger partial charge in [-0.3, -0.25) is 0 Å². The maximum Gasteiger partial charge on any atom is 0.225 e. The summed E-state index contributed by atoms with van der Waals surface area (Å²) >= 11 is 1.72. The SMILES string of the molecule is COc1cc2nc(NCc3ccc(SC)cc3)nc(N)c2cc1OC. The van der Waals surface area contributed by atoms with Gasteiger partial charge in [0, 0.05) is 22.9 Å². The van der Waals surface area contributed by atoms with Crippen LogP contribution in [-0.2, 0) is 6.54 Å². The number of fused-ring (bicyclic) bond motifs is 1. The molecule has 0 bridgehead atoms. The summed E-state index contributed by atoms with van der Waals surface area (Å²) in [5.41, 5.74) is 7.93. The smallest absolute Gasteiger partial charge is 0.225 e. The Labute approximate surface area is 150 Å². The Morgan fingerprint density at radius 1 is 1.04 bits per heavy atom. The molecule has 3 aromatic rings. The molecule has 0 atom stereocenters. The molecule has 130 valence electrons. The number of anilines is 2. The van der Waals surface area contributed by atoms with Crippen molar-refractivity contribution in [3.63, 3.8) is 0 Å². The second kappa shape index (κ2) is 7.48. The maximum atomic E-state index is 6.09. The minimum absolute atomic E-state index is 0.395. The predicted octanol–water partition coefficient (Wildman–Crippen LogP) is 3.56. The first-order valence-corrected chi connectivity index (χ1v) is 8.93. The molecule has 0 saturated carbocycles. The molecule has 1 heterocycles. The Kier molecular flexibility index (Phi) is 5.14. The number of benzene rings is 2.